The van der Waals surface area contributed by atoms with Crippen LogP contribution in [-0.4, -0.2) is 54.5 Å². The van der Waals surface area contributed by atoms with Crippen LogP contribution in [0.25, 0.3) is 10.6 Å². The SMILES string of the molecule is CCOC(=O)CN(Cc1ccc(OC)cc1OC)Cc1c(-c2cccs2)noc1C(=O)O. The fourth-order valence-electron chi connectivity index (χ4n) is 3.23. The summed E-state index contributed by atoms with van der Waals surface area (Å²) in [5.74, 6) is -0.696. The molecule has 0 fully saturated rings. The first-order valence-corrected chi connectivity index (χ1v) is 10.7. The third kappa shape index (κ3) is 5.45. The maximum absolute atomic E-state index is 12.3. The third-order valence-corrected chi connectivity index (χ3v) is 5.54. The summed E-state index contributed by atoms with van der Waals surface area (Å²) in [6, 6.07) is 9.05. The summed E-state index contributed by atoms with van der Waals surface area (Å²) in [4.78, 5) is 26.6. The van der Waals surface area contributed by atoms with Crippen LogP contribution in [0.5, 0.6) is 11.5 Å². The van der Waals surface area contributed by atoms with E-state index in [9.17, 15) is 14.7 Å². The van der Waals surface area contributed by atoms with Crippen LogP contribution >= 0.6 is 11.3 Å². The molecule has 0 amide bonds. The standard InChI is InChI=1S/C22H24N2O7S/c1-4-30-19(25)13-24(11-14-7-8-15(28-2)10-17(14)29-3)12-16-20(18-6-5-9-32-18)23-31-21(16)22(26)27/h5-10H,4,11-13H2,1-3H3,(H,26,27). The highest BCUT2D eigenvalue weighted by atomic mass is 32.1. The summed E-state index contributed by atoms with van der Waals surface area (Å²) in [6.45, 7) is 2.31. The summed E-state index contributed by atoms with van der Waals surface area (Å²) in [5, 5.41) is 15.5. The van der Waals surface area contributed by atoms with E-state index >= 15 is 0 Å². The van der Waals surface area contributed by atoms with Crippen molar-refractivity contribution in [3.8, 4) is 22.1 Å². The van der Waals surface area contributed by atoms with E-state index in [0.717, 1.165) is 10.4 Å². The summed E-state index contributed by atoms with van der Waals surface area (Å²) in [5.41, 5.74) is 1.62. The van der Waals surface area contributed by atoms with Gasteiger partial charge in [0.05, 0.1) is 32.2 Å². The lowest BCUT2D eigenvalue weighted by Gasteiger charge is -2.22. The number of nitrogens with zero attached hydrogens (tertiary/aromatic N) is 2. The van der Waals surface area contributed by atoms with E-state index in [1.165, 1.54) is 11.3 Å². The number of aromatic nitrogens is 1. The summed E-state index contributed by atoms with van der Waals surface area (Å²) in [6.07, 6.45) is 0. The average Bonchev–Trinajstić information content (AvgIpc) is 3.44. The molecule has 1 aromatic carbocycles. The Bertz CT molecular complexity index is 1060. The Labute approximate surface area is 189 Å². The van der Waals surface area contributed by atoms with Crippen molar-refractivity contribution >= 4 is 23.3 Å². The highest BCUT2D eigenvalue weighted by Crippen LogP contribution is 2.32. The molecule has 32 heavy (non-hydrogen) atoms. The van der Waals surface area contributed by atoms with Gasteiger partial charge in [-0.25, -0.2) is 4.79 Å². The fourth-order valence-corrected chi connectivity index (χ4v) is 3.97. The van der Waals surface area contributed by atoms with Crippen molar-refractivity contribution in [1.82, 2.24) is 10.1 Å². The first-order chi connectivity index (χ1) is 15.5. The molecule has 0 radical (unpaired) electrons. The molecular formula is C22H24N2O7S. The van der Waals surface area contributed by atoms with Crippen molar-refractivity contribution in [2.45, 2.75) is 20.0 Å². The highest BCUT2D eigenvalue weighted by Gasteiger charge is 2.26. The predicted molar refractivity (Wildman–Crippen MR) is 117 cm³/mol. The fraction of sp³-hybridized carbons (Fsp3) is 0.318. The quantitative estimate of drug-likeness (QED) is 0.428. The molecule has 2 aromatic heterocycles. The van der Waals surface area contributed by atoms with Crippen molar-refractivity contribution in [1.29, 1.82) is 0 Å². The molecule has 3 aromatic rings. The zero-order chi connectivity index (χ0) is 23.1. The number of carbonyl (C=O) groups is 2. The average molecular weight is 461 g/mol. The van der Waals surface area contributed by atoms with Crippen LogP contribution in [0.15, 0.2) is 40.2 Å². The predicted octanol–water partition coefficient (Wildman–Crippen LogP) is 3.68. The van der Waals surface area contributed by atoms with Gasteiger partial charge in [-0.3, -0.25) is 9.69 Å². The lowest BCUT2D eigenvalue weighted by molar-refractivity contribution is -0.144. The van der Waals surface area contributed by atoms with Crippen LogP contribution < -0.4 is 9.47 Å². The van der Waals surface area contributed by atoms with Crippen LogP contribution in [0.4, 0.5) is 0 Å². The number of hydrogen-bond acceptors (Lipinski definition) is 9. The minimum atomic E-state index is -1.23. The molecule has 3 rings (SSSR count). The van der Waals surface area contributed by atoms with E-state index < -0.39 is 11.9 Å². The first kappa shape index (κ1) is 23.3. The van der Waals surface area contributed by atoms with Gasteiger partial charge in [0.2, 0.25) is 5.76 Å². The number of thiophene rings is 1. The van der Waals surface area contributed by atoms with Gasteiger partial charge in [0.1, 0.15) is 17.2 Å². The Balaban J connectivity index is 1.96. The molecule has 0 atom stereocenters. The van der Waals surface area contributed by atoms with Crippen LogP contribution in [-0.2, 0) is 22.6 Å². The first-order valence-electron chi connectivity index (χ1n) is 9.81. The monoisotopic (exact) mass is 460 g/mol. The Kier molecular flexibility index (Phi) is 7.85. The zero-order valence-corrected chi connectivity index (χ0v) is 18.8. The molecule has 0 unspecified atom stereocenters. The summed E-state index contributed by atoms with van der Waals surface area (Å²) < 4.78 is 21.0. The molecule has 2 heterocycles. The van der Waals surface area contributed by atoms with Crippen molar-refractivity contribution < 1.29 is 33.4 Å². The maximum Gasteiger partial charge on any atom is 0.375 e. The topological polar surface area (TPSA) is 111 Å². The van der Waals surface area contributed by atoms with Gasteiger partial charge in [0, 0.05) is 30.3 Å². The second-order valence-corrected chi connectivity index (χ2v) is 7.70. The van der Waals surface area contributed by atoms with Gasteiger partial charge >= 0.3 is 11.9 Å². The largest absolute Gasteiger partial charge is 0.497 e. The third-order valence-electron chi connectivity index (χ3n) is 4.66. The van der Waals surface area contributed by atoms with Crippen molar-refractivity contribution in [2.24, 2.45) is 0 Å². The molecular weight excluding hydrogens is 436 g/mol. The Hall–Kier alpha value is -3.37. The molecule has 170 valence electrons. The van der Waals surface area contributed by atoms with Gasteiger partial charge in [0.15, 0.2) is 0 Å². The normalized spacial score (nSPS) is 10.9. The van der Waals surface area contributed by atoms with Gasteiger partial charge < -0.3 is 23.8 Å². The van der Waals surface area contributed by atoms with E-state index in [1.807, 2.05) is 23.6 Å². The molecule has 9 nitrogen and oxygen atoms in total. The molecule has 0 spiro atoms. The summed E-state index contributed by atoms with van der Waals surface area (Å²) >= 11 is 1.42. The number of esters is 1. The summed E-state index contributed by atoms with van der Waals surface area (Å²) in [7, 11) is 3.11. The van der Waals surface area contributed by atoms with E-state index in [0.29, 0.717) is 29.3 Å². The number of carboxylic acid groups (broad SMARTS) is 1. The van der Waals surface area contributed by atoms with Gasteiger partial charge in [0.25, 0.3) is 0 Å². The molecule has 10 heteroatoms. The minimum Gasteiger partial charge on any atom is -0.497 e. The highest BCUT2D eigenvalue weighted by molar-refractivity contribution is 7.13. The van der Waals surface area contributed by atoms with Gasteiger partial charge in [-0.1, -0.05) is 17.3 Å². The number of ether oxygens (including phenoxy) is 3. The van der Waals surface area contributed by atoms with Gasteiger partial charge in [-0.15, -0.1) is 11.3 Å². The number of carbonyl (C=O) groups excluding carboxylic acids is 1. The number of aromatic carboxylic acids is 1. The van der Waals surface area contributed by atoms with Crippen molar-refractivity contribution in [3.05, 3.63) is 52.6 Å². The van der Waals surface area contributed by atoms with Crippen LogP contribution in [0.2, 0.25) is 0 Å². The molecule has 0 saturated heterocycles. The van der Waals surface area contributed by atoms with Crippen molar-refractivity contribution in [2.75, 3.05) is 27.4 Å². The number of benzene rings is 1. The van der Waals surface area contributed by atoms with Crippen LogP contribution in [0.3, 0.4) is 0 Å². The number of carboxylic acids is 1. The minimum absolute atomic E-state index is 0.0584. The molecule has 0 aliphatic heterocycles. The van der Waals surface area contributed by atoms with E-state index in [4.69, 9.17) is 18.7 Å². The van der Waals surface area contributed by atoms with E-state index in [-0.39, 0.29) is 25.5 Å². The molecule has 0 saturated carbocycles. The van der Waals surface area contributed by atoms with Crippen LogP contribution in [0.1, 0.15) is 28.6 Å². The number of hydrogen-bond donors (Lipinski definition) is 1. The zero-order valence-electron chi connectivity index (χ0n) is 18.0. The van der Waals surface area contributed by atoms with Gasteiger partial charge in [-0.05, 0) is 24.4 Å². The molecule has 0 aliphatic carbocycles. The lowest BCUT2D eigenvalue weighted by Crippen LogP contribution is -2.31. The smallest absolute Gasteiger partial charge is 0.375 e. The molecule has 0 bridgehead atoms. The molecule has 1 N–H and O–H groups in total. The Morgan fingerprint density at radius 1 is 1.19 bits per heavy atom. The van der Waals surface area contributed by atoms with Crippen LogP contribution in [0, 0.1) is 0 Å². The second kappa shape index (κ2) is 10.8. The molecule has 0 aliphatic rings. The van der Waals surface area contributed by atoms with E-state index in [1.54, 1.807) is 38.2 Å². The maximum atomic E-state index is 12.3. The van der Waals surface area contributed by atoms with E-state index in [2.05, 4.69) is 5.16 Å². The van der Waals surface area contributed by atoms with Crippen molar-refractivity contribution in [3.63, 3.8) is 0 Å². The second-order valence-electron chi connectivity index (χ2n) is 6.75. The van der Waals surface area contributed by atoms with Gasteiger partial charge in [-0.2, -0.15) is 0 Å². The number of rotatable bonds is 11. The number of methoxy groups -OCH3 is 2. The Morgan fingerprint density at radius 2 is 2.00 bits per heavy atom. The Morgan fingerprint density at radius 3 is 2.62 bits per heavy atom. The lowest BCUT2D eigenvalue weighted by atomic mass is 10.1.